The summed E-state index contributed by atoms with van der Waals surface area (Å²) in [6, 6.07) is 7.01. The zero-order chi connectivity index (χ0) is 16.1. The van der Waals surface area contributed by atoms with Crippen LogP contribution >= 0.6 is 0 Å². The van der Waals surface area contributed by atoms with E-state index in [4.69, 9.17) is 5.73 Å². The van der Waals surface area contributed by atoms with Crippen LogP contribution in [0, 0.1) is 0 Å². The molecule has 0 atom stereocenters. The molecule has 0 aromatic carbocycles. The lowest BCUT2D eigenvalue weighted by Gasteiger charge is -2.20. The summed E-state index contributed by atoms with van der Waals surface area (Å²) in [6.45, 7) is 2.27. The molecule has 0 aliphatic carbocycles. The second-order valence-corrected chi connectivity index (χ2v) is 5.42. The highest BCUT2D eigenvalue weighted by Crippen LogP contribution is 2.25. The number of aromatic nitrogens is 2. The first-order valence-corrected chi connectivity index (χ1v) is 7.68. The largest absolute Gasteiger partial charge is 0.383 e. The highest BCUT2D eigenvalue weighted by atomic mass is 16.2. The first-order chi connectivity index (χ1) is 11.2. The van der Waals surface area contributed by atoms with Crippen molar-refractivity contribution in [3.05, 3.63) is 42.2 Å². The molecule has 0 saturated carbocycles. The molecule has 0 radical (unpaired) electrons. The lowest BCUT2D eigenvalue weighted by Crippen LogP contribution is -2.30. The molecule has 0 unspecified atom stereocenters. The zero-order valence-corrected chi connectivity index (χ0v) is 12.8. The van der Waals surface area contributed by atoms with E-state index in [9.17, 15) is 4.79 Å². The zero-order valence-electron chi connectivity index (χ0n) is 12.8. The van der Waals surface area contributed by atoms with Crippen molar-refractivity contribution < 1.29 is 4.79 Å². The van der Waals surface area contributed by atoms with Crippen LogP contribution in [0.25, 0.3) is 0 Å². The van der Waals surface area contributed by atoms with Crippen LogP contribution in [0.5, 0.6) is 0 Å². The summed E-state index contributed by atoms with van der Waals surface area (Å²) in [7, 11) is 0. The standard InChI is InChI=1S/C16H20N6O/c17-14-12(5-3-7-18-14)11-20-16(23)21-13-6-4-8-19-15(13)22-9-1-2-10-22/h3-8H,1-2,9-11H2,(H2,17,18)(H2,20,21,23). The minimum Gasteiger partial charge on any atom is -0.383 e. The van der Waals surface area contributed by atoms with Gasteiger partial charge in [0.1, 0.15) is 5.82 Å². The fraction of sp³-hybridized carbons (Fsp3) is 0.312. The van der Waals surface area contributed by atoms with Crippen LogP contribution in [0.1, 0.15) is 18.4 Å². The molecule has 1 aliphatic rings. The Kier molecular flexibility index (Phi) is 4.56. The molecule has 120 valence electrons. The first kappa shape index (κ1) is 15.1. The van der Waals surface area contributed by atoms with Crippen LogP contribution < -0.4 is 21.3 Å². The molecule has 2 aromatic heterocycles. The third-order valence-electron chi connectivity index (χ3n) is 3.81. The fourth-order valence-electron chi connectivity index (χ4n) is 2.62. The van der Waals surface area contributed by atoms with Crippen molar-refractivity contribution in [3.63, 3.8) is 0 Å². The highest BCUT2D eigenvalue weighted by Gasteiger charge is 2.17. The van der Waals surface area contributed by atoms with Gasteiger partial charge in [-0.05, 0) is 31.0 Å². The minimum absolute atomic E-state index is 0.290. The van der Waals surface area contributed by atoms with Gasteiger partial charge in [-0.1, -0.05) is 6.07 Å². The number of nitrogens with one attached hydrogen (secondary N) is 2. The van der Waals surface area contributed by atoms with Crippen molar-refractivity contribution in [1.29, 1.82) is 0 Å². The van der Waals surface area contributed by atoms with Crippen LogP contribution in [0.15, 0.2) is 36.7 Å². The van der Waals surface area contributed by atoms with Crippen molar-refractivity contribution in [1.82, 2.24) is 15.3 Å². The molecule has 3 heterocycles. The van der Waals surface area contributed by atoms with Gasteiger partial charge in [0, 0.05) is 37.6 Å². The summed E-state index contributed by atoms with van der Waals surface area (Å²) in [5, 5.41) is 5.65. The number of hydrogen-bond acceptors (Lipinski definition) is 5. The average molecular weight is 312 g/mol. The Balaban J connectivity index is 1.63. The Morgan fingerprint density at radius 1 is 1.17 bits per heavy atom. The molecule has 1 aliphatic heterocycles. The third kappa shape index (κ3) is 3.68. The van der Waals surface area contributed by atoms with Gasteiger partial charge in [0.15, 0.2) is 5.82 Å². The molecule has 4 N–H and O–H groups in total. The Hall–Kier alpha value is -2.83. The normalized spacial score (nSPS) is 13.8. The summed E-state index contributed by atoms with van der Waals surface area (Å²) in [4.78, 5) is 22.7. The van der Waals surface area contributed by atoms with E-state index >= 15 is 0 Å². The van der Waals surface area contributed by atoms with E-state index in [-0.39, 0.29) is 6.03 Å². The quantitative estimate of drug-likeness (QED) is 0.802. The monoisotopic (exact) mass is 312 g/mol. The van der Waals surface area contributed by atoms with Gasteiger partial charge >= 0.3 is 6.03 Å². The Bertz CT molecular complexity index is 684. The number of hydrogen-bond donors (Lipinski definition) is 3. The van der Waals surface area contributed by atoms with Gasteiger partial charge in [-0.25, -0.2) is 14.8 Å². The van der Waals surface area contributed by atoms with E-state index in [1.165, 1.54) is 0 Å². The van der Waals surface area contributed by atoms with E-state index in [2.05, 4.69) is 25.5 Å². The first-order valence-electron chi connectivity index (χ1n) is 7.68. The molecule has 23 heavy (non-hydrogen) atoms. The highest BCUT2D eigenvalue weighted by molar-refractivity contribution is 5.92. The SMILES string of the molecule is Nc1ncccc1CNC(=O)Nc1cccnc1N1CCCC1. The Morgan fingerprint density at radius 2 is 1.91 bits per heavy atom. The van der Waals surface area contributed by atoms with E-state index < -0.39 is 0 Å². The molecule has 2 amide bonds. The number of amides is 2. The van der Waals surface area contributed by atoms with Gasteiger partial charge < -0.3 is 21.3 Å². The molecule has 0 spiro atoms. The lowest BCUT2D eigenvalue weighted by atomic mass is 10.2. The van der Waals surface area contributed by atoms with Crippen molar-refractivity contribution in [3.8, 4) is 0 Å². The molecule has 7 heteroatoms. The van der Waals surface area contributed by atoms with Crippen molar-refractivity contribution >= 4 is 23.4 Å². The van der Waals surface area contributed by atoms with Gasteiger partial charge in [0.05, 0.1) is 5.69 Å². The minimum atomic E-state index is -0.290. The maximum absolute atomic E-state index is 12.1. The maximum atomic E-state index is 12.1. The summed E-state index contributed by atoms with van der Waals surface area (Å²) < 4.78 is 0. The topological polar surface area (TPSA) is 96.2 Å². The molecular formula is C16H20N6O. The number of anilines is 3. The Labute approximate surface area is 134 Å². The second kappa shape index (κ2) is 6.95. The average Bonchev–Trinajstić information content (AvgIpc) is 3.09. The van der Waals surface area contributed by atoms with Crippen LogP contribution in [-0.2, 0) is 6.54 Å². The number of carbonyl (C=O) groups is 1. The summed E-state index contributed by atoms with van der Waals surface area (Å²) in [5.41, 5.74) is 7.27. The number of nitrogens with zero attached hydrogens (tertiary/aromatic N) is 3. The van der Waals surface area contributed by atoms with Gasteiger partial charge in [-0.2, -0.15) is 0 Å². The molecule has 0 bridgehead atoms. The van der Waals surface area contributed by atoms with E-state index in [0.29, 0.717) is 18.1 Å². The van der Waals surface area contributed by atoms with Crippen LogP contribution in [-0.4, -0.2) is 29.1 Å². The molecule has 7 nitrogen and oxygen atoms in total. The third-order valence-corrected chi connectivity index (χ3v) is 3.81. The fourth-order valence-corrected chi connectivity index (χ4v) is 2.62. The van der Waals surface area contributed by atoms with Crippen molar-refractivity contribution in [2.24, 2.45) is 0 Å². The molecule has 1 fully saturated rings. The Morgan fingerprint density at radius 3 is 2.70 bits per heavy atom. The van der Waals surface area contributed by atoms with Crippen molar-refractivity contribution in [2.45, 2.75) is 19.4 Å². The lowest BCUT2D eigenvalue weighted by molar-refractivity contribution is 0.252. The summed E-state index contributed by atoms with van der Waals surface area (Å²) in [6.07, 6.45) is 5.68. The predicted octanol–water partition coefficient (Wildman–Crippen LogP) is 1.98. The summed E-state index contributed by atoms with van der Waals surface area (Å²) >= 11 is 0. The molecule has 1 saturated heterocycles. The smallest absolute Gasteiger partial charge is 0.319 e. The van der Waals surface area contributed by atoms with Crippen LogP contribution in [0.4, 0.5) is 22.1 Å². The van der Waals surface area contributed by atoms with Gasteiger partial charge in [0.25, 0.3) is 0 Å². The van der Waals surface area contributed by atoms with Gasteiger partial charge in [-0.15, -0.1) is 0 Å². The number of carbonyl (C=O) groups excluding carboxylic acids is 1. The number of nitrogen functional groups attached to an aromatic ring is 1. The van der Waals surface area contributed by atoms with Crippen LogP contribution in [0.2, 0.25) is 0 Å². The molecular weight excluding hydrogens is 292 g/mol. The number of urea groups is 1. The summed E-state index contributed by atoms with van der Waals surface area (Å²) in [5.74, 6) is 1.24. The van der Waals surface area contributed by atoms with E-state index in [0.717, 1.165) is 37.3 Å². The molecule has 2 aromatic rings. The second-order valence-electron chi connectivity index (χ2n) is 5.42. The maximum Gasteiger partial charge on any atom is 0.319 e. The van der Waals surface area contributed by atoms with Crippen molar-refractivity contribution in [2.75, 3.05) is 29.0 Å². The van der Waals surface area contributed by atoms with Crippen LogP contribution in [0.3, 0.4) is 0 Å². The van der Waals surface area contributed by atoms with E-state index in [1.54, 1.807) is 18.5 Å². The van der Waals surface area contributed by atoms with Gasteiger partial charge in [-0.3, -0.25) is 0 Å². The van der Waals surface area contributed by atoms with E-state index in [1.807, 2.05) is 18.2 Å². The molecule has 3 rings (SSSR count). The number of rotatable bonds is 4. The van der Waals surface area contributed by atoms with Gasteiger partial charge in [0.2, 0.25) is 0 Å². The number of pyridine rings is 2. The number of nitrogens with two attached hydrogens (primary N) is 1. The predicted molar refractivity (Wildman–Crippen MR) is 90.2 cm³/mol.